The second-order valence-electron chi connectivity index (χ2n) is 6.82. The van der Waals surface area contributed by atoms with E-state index in [1.165, 1.54) is 19.2 Å². The molecule has 4 rings (SSSR count). The molecule has 0 saturated heterocycles. The fourth-order valence-corrected chi connectivity index (χ4v) is 3.47. The second kappa shape index (κ2) is 7.39. The van der Waals surface area contributed by atoms with Gasteiger partial charge in [-0.1, -0.05) is 18.2 Å². The van der Waals surface area contributed by atoms with Crippen molar-refractivity contribution >= 4 is 33.4 Å². The zero-order valence-corrected chi connectivity index (χ0v) is 16.0. The van der Waals surface area contributed by atoms with Crippen molar-refractivity contribution in [1.82, 2.24) is 4.57 Å². The largest absolute Gasteiger partial charge is 0.497 e. The van der Waals surface area contributed by atoms with Gasteiger partial charge in [-0.25, -0.2) is 4.39 Å². The molecule has 29 heavy (non-hydrogen) atoms. The first-order valence-electron chi connectivity index (χ1n) is 9.13. The molecule has 146 valence electrons. The molecule has 1 N–H and O–H groups in total. The van der Waals surface area contributed by atoms with Gasteiger partial charge in [0, 0.05) is 16.5 Å². The predicted molar refractivity (Wildman–Crippen MR) is 112 cm³/mol. The number of rotatable bonds is 4. The maximum atomic E-state index is 13.6. The monoisotopic (exact) mass is 390 g/mol. The Kier molecular flexibility index (Phi) is 4.76. The van der Waals surface area contributed by atoms with Gasteiger partial charge in [0.1, 0.15) is 18.1 Å². The number of carbonyl (C=O) groups is 1. The summed E-state index contributed by atoms with van der Waals surface area (Å²) in [6.45, 7) is 1.77. The van der Waals surface area contributed by atoms with Crippen LogP contribution in [0.3, 0.4) is 0 Å². The Morgan fingerprint density at radius 3 is 2.59 bits per heavy atom. The van der Waals surface area contributed by atoms with Gasteiger partial charge >= 0.3 is 0 Å². The quantitative estimate of drug-likeness (QED) is 0.530. The van der Waals surface area contributed by atoms with E-state index in [9.17, 15) is 14.0 Å². The van der Waals surface area contributed by atoms with Crippen LogP contribution in [-0.2, 0) is 11.3 Å². The van der Waals surface area contributed by atoms with E-state index in [0.29, 0.717) is 33.2 Å². The molecule has 1 amide bonds. The molecule has 0 aliphatic carbocycles. The van der Waals surface area contributed by atoms with E-state index < -0.39 is 5.82 Å². The minimum Gasteiger partial charge on any atom is -0.497 e. The average molecular weight is 390 g/mol. The highest BCUT2D eigenvalue weighted by Crippen LogP contribution is 2.23. The third-order valence-electron chi connectivity index (χ3n) is 4.95. The number of ether oxygens (including phenoxy) is 1. The average Bonchev–Trinajstić information content (AvgIpc) is 2.73. The van der Waals surface area contributed by atoms with Crippen molar-refractivity contribution < 1.29 is 13.9 Å². The summed E-state index contributed by atoms with van der Waals surface area (Å²) in [4.78, 5) is 25.7. The second-order valence-corrected chi connectivity index (χ2v) is 6.82. The third-order valence-corrected chi connectivity index (χ3v) is 4.95. The Morgan fingerprint density at radius 2 is 1.79 bits per heavy atom. The van der Waals surface area contributed by atoms with Crippen LogP contribution in [0.1, 0.15) is 5.56 Å². The number of nitrogens with one attached hydrogen (secondary N) is 1. The summed E-state index contributed by atoms with van der Waals surface area (Å²) in [7, 11) is 1.54. The zero-order chi connectivity index (χ0) is 20.5. The number of aromatic nitrogens is 1. The molecule has 0 spiro atoms. The molecule has 1 heterocycles. The van der Waals surface area contributed by atoms with E-state index in [0.717, 1.165) is 5.56 Å². The Hall–Kier alpha value is -3.67. The number of anilines is 1. The van der Waals surface area contributed by atoms with Crippen molar-refractivity contribution in [1.29, 1.82) is 0 Å². The lowest BCUT2D eigenvalue weighted by Gasteiger charge is -2.16. The van der Waals surface area contributed by atoms with Crippen LogP contribution in [0, 0.1) is 12.7 Å². The summed E-state index contributed by atoms with van der Waals surface area (Å²) in [5.41, 5.74) is 2.35. The van der Waals surface area contributed by atoms with Gasteiger partial charge in [-0.2, -0.15) is 0 Å². The molecular weight excluding hydrogens is 371 g/mol. The smallest absolute Gasteiger partial charge is 0.244 e. The molecule has 0 aliphatic heterocycles. The minimum atomic E-state index is -0.419. The van der Waals surface area contributed by atoms with Crippen LogP contribution < -0.4 is 15.5 Å². The number of carbonyl (C=O) groups excluding carboxylic acids is 1. The summed E-state index contributed by atoms with van der Waals surface area (Å²) in [5, 5.41) is 3.75. The molecule has 4 aromatic rings. The molecule has 1 aromatic heterocycles. The molecule has 0 aliphatic rings. The number of hydrogen-bond acceptors (Lipinski definition) is 3. The maximum absolute atomic E-state index is 13.6. The van der Waals surface area contributed by atoms with Crippen molar-refractivity contribution in [3.8, 4) is 5.75 Å². The molecule has 3 aromatic carbocycles. The Labute approximate surface area is 166 Å². The highest BCUT2D eigenvalue weighted by molar-refractivity contribution is 5.97. The summed E-state index contributed by atoms with van der Waals surface area (Å²) in [5.74, 6) is -0.168. The predicted octanol–water partition coefficient (Wildman–Crippen LogP) is 4.25. The molecule has 5 nitrogen and oxygen atoms in total. The van der Waals surface area contributed by atoms with Crippen molar-refractivity contribution in [2.24, 2.45) is 0 Å². The fraction of sp³-hybridized carbons (Fsp3) is 0.130. The van der Waals surface area contributed by atoms with Crippen LogP contribution in [0.2, 0.25) is 0 Å². The normalized spacial score (nSPS) is 11.0. The van der Waals surface area contributed by atoms with Crippen molar-refractivity contribution in [2.45, 2.75) is 13.5 Å². The first-order chi connectivity index (χ1) is 14.0. The van der Waals surface area contributed by atoms with Crippen LogP contribution in [0.5, 0.6) is 5.75 Å². The van der Waals surface area contributed by atoms with E-state index in [-0.39, 0.29) is 17.9 Å². The number of para-hydroxylation sites is 1. The standard InChI is InChI=1S/C23H19FN2O3/c1-14-7-8-15(24)11-19(14)25-22(27)13-26-20-6-4-3-5-17(20)23(28)18-12-16(29-2)9-10-21(18)26/h3-12H,13H2,1-2H3,(H,25,27). The van der Waals surface area contributed by atoms with Crippen molar-refractivity contribution in [3.05, 3.63) is 82.3 Å². The SMILES string of the molecule is COc1ccc2c(c1)c(=O)c1ccccc1n2CC(=O)Nc1cc(F)ccc1C. The van der Waals surface area contributed by atoms with Gasteiger partial charge in [-0.05, 0) is 55.0 Å². The van der Waals surface area contributed by atoms with Crippen LogP contribution in [0.4, 0.5) is 10.1 Å². The molecule has 0 saturated carbocycles. The Morgan fingerprint density at radius 1 is 1.03 bits per heavy atom. The number of fused-ring (bicyclic) bond motifs is 2. The van der Waals surface area contributed by atoms with Gasteiger partial charge in [-0.3, -0.25) is 9.59 Å². The number of methoxy groups -OCH3 is 1. The summed E-state index contributed by atoms with van der Waals surface area (Å²) < 4.78 is 20.6. The van der Waals surface area contributed by atoms with Crippen LogP contribution in [0.25, 0.3) is 21.8 Å². The number of pyridine rings is 1. The molecule has 0 bridgehead atoms. The van der Waals surface area contributed by atoms with Crippen molar-refractivity contribution in [3.63, 3.8) is 0 Å². The highest BCUT2D eigenvalue weighted by Gasteiger charge is 2.14. The molecular formula is C23H19FN2O3. The van der Waals surface area contributed by atoms with Gasteiger partial charge in [0.15, 0.2) is 5.43 Å². The van der Waals surface area contributed by atoms with Gasteiger partial charge < -0.3 is 14.6 Å². The van der Waals surface area contributed by atoms with E-state index in [2.05, 4.69) is 5.32 Å². The van der Waals surface area contributed by atoms with Crippen LogP contribution in [-0.4, -0.2) is 17.6 Å². The number of amides is 1. The lowest BCUT2D eigenvalue weighted by atomic mass is 10.1. The first-order valence-corrected chi connectivity index (χ1v) is 9.13. The van der Waals surface area contributed by atoms with Gasteiger partial charge in [-0.15, -0.1) is 0 Å². The summed E-state index contributed by atoms with van der Waals surface area (Å²) >= 11 is 0. The minimum absolute atomic E-state index is 0.0282. The number of hydrogen-bond donors (Lipinski definition) is 1. The Bertz CT molecular complexity index is 1310. The topological polar surface area (TPSA) is 60.3 Å². The van der Waals surface area contributed by atoms with E-state index in [4.69, 9.17) is 4.74 Å². The zero-order valence-electron chi connectivity index (χ0n) is 16.0. The van der Waals surface area contributed by atoms with E-state index >= 15 is 0 Å². The number of aryl methyl sites for hydroxylation is 1. The first kappa shape index (κ1) is 18.7. The number of halogens is 1. The van der Waals surface area contributed by atoms with Gasteiger partial charge in [0.05, 0.1) is 18.1 Å². The lowest BCUT2D eigenvalue weighted by molar-refractivity contribution is -0.116. The number of benzene rings is 3. The fourth-order valence-electron chi connectivity index (χ4n) is 3.47. The molecule has 0 unspecified atom stereocenters. The maximum Gasteiger partial charge on any atom is 0.244 e. The highest BCUT2D eigenvalue weighted by atomic mass is 19.1. The van der Waals surface area contributed by atoms with Crippen molar-refractivity contribution in [2.75, 3.05) is 12.4 Å². The van der Waals surface area contributed by atoms with Crippen LogP contribution >= 0.6 is 0 Å². The number of nitrogens with zero attached hydrogens (tertiary/aromatic N) is 1. The van der Waals surface area contributed by atoms with E-state index in [1.54, 1.807) is 54.0 Å². The lowest BCUT2D eigenvalue weighted by Crippen LogP contribution is -2.22. The third kappa shape index (κ3) is 3.45. The summed E-state index contributed by atoms with van der Waals surface area (Å²) in [6.07, 6.45) is 0. The summed E-state index contributed by atoms with van der Waals surface area (Å²) in [6, 6.07) is 16.6. The molecule has 0 fully saturated rings. The molecule has 0 atom stereocenters. The van der Waals surface area contributed by atoms with Crippen LogP contribution in [0.15, 0.2) is 65.5 Å². The molecule has 6 heteroatoms. The molecule has 0 radical (unpaired) electrons. The Balaban J connectivity index is 1.83. The van der Waals surface area contributed by atoms with Gasteiger partial charge in [0.25, 0.3) is 0 Å². The van der Waals surface area contributed by atoms with E-state index in [1.807, 2.05) is 6.07 Å². The van der Waals surface area contributed by atoms with Gasteiger partial charge in [0.2, 0.25) is 5.91 Å².